The van der Waals surface area contributed by atoms with Crippen LogP contribution >= 0.6 is 0 Å². The van der Waals surface area contributed by atoms with E-state index in [9.17, 15) is 13.2 Å². The van der Waals surface area contributed by atoms with Gasteiger partial charge >= 0.3 is 10.1 Å². The summed E-state index contributed by atoms with van der Waals surface area (Å²) in [5.41, 5.74) is 6.21. The largest absolute Gasteiger partial charge is 0.364 e. The average molecular weight is 163 g/mol. The summed E-state index contributed by atoms with van der Waals surface area (Å²) in [5, 5.41) is 0. The van der Waals surface area contributed by atoms with Gasteiger partial charge in [0.2, 0.25) is 0 Å². The van der Waals surface area contributed by atoms with Gasteiger partial charge in [0.25, 0.3) is 5.91 Å². The van der Waals surface area contributed by atoms with Crippen LogP contribution in [0.4, 0.5) is 0 Å². The molecule has 5 nitrogen and oxygen atoms in total. The van der Waals surface area contributed by atoms with Crippen LogP contribution in [0.3, 0.4) is 0 Å². The Bertz CT molecular complexity index is 295. The minimum atomic E-state index is -4.55. The molecule has 0 aromatic heterocycles. The molecular formula is C4H5NO4S. The maximum Gasteiger partial charge on any atom is 0.307 e. The summed E-state index contributed by atoms with van der Waals surface area (Å²) in [5.74, 6) is -1.28. The Hall–Kier alpha value is -1.10. The third kappa shape index (κ3) is 2.02. The van der Waals surface area contributed by atoms with Gasteiger partial charge in [0.15, 0.2) is 4.91 Å². The van der Waals surface area contributed by atoms with Crippen LogP contribution in [-0.4, -0.2) is 18.9 Å². The Balaban J connectivity index is 5.16. The second-order valence-electron chi connectivity index (χ2n) is 1.35. The van der Waals surface area contributed by atoms with Gasteiger partial charge in [-0.05, 0) is 0 Å². The number of rotatable bonds is 2. The Labute approximate surface area is 57.6 Å². The first-order chi connectivity index (χ1) is 4.39. The van der Waals surface area contributed by atoms with E-state index in [1.54, 1.807) is 5.73 Å². The van der Waals surface area contributed by atoms with Crippen molar-refractivity contribution in [2.24, 2.45) is 5.73 Å². The molecule has 0 unspecified atom stereocenters. The van der Waals surface area contributed by atoms with Gasteiger partial charge in [-0.1, -0.05) is 6.58 Å². The highest BCUT2D eigenvalue weighted by molar-refractivity contribution is 7.90. The molecule has 3 N–H and O–H groups in total. The molecule has 0 radical (unpaired) electrons. The fourth-order valence-corrected chi connectivity index (χ4v) is 0.742. The molecule has 0 fully saturated rings. The van der Waals surface area contributed by atoms with Crippen LogP contribution in [0.1, 0.15) is 0 Å². The molecule has 0 aliphatic rings. The molecule has 0 rings (SSSR count). The highest BCUT2D eigenvalue weighted by Crippen LogP contribution is 1.98. The topological polar surface area (TPSA) is 97.5 Å². The number of amides is 1. The number of carbonyl (C=O) groups is 1. The van der Waals surface area contributed by atoms with Crippen LogP contribution < -0.4 is 5.73 Å². The van der Waals surface area contributed by atoms with E-state index in [0.717, 1.165) is 0 Å². The highest BCUT2D eigenvalue weighted by atomic mass is 32.2. The van der Waals surface area contributed by atoms with E-state index in [-0.39, 0.29) is 0 Å². The number of hydrogen-bond acceptors (Lipinski definition) is 3. The van der Waals surface area contributed by atoms with Gasteiger partial charge in [0, 0.05) is 0 Å². The van der Waals surface area contributed by atoms with Crippen LogP contribution in [0, 0.1) is 0 Å². The van der Waals surface area contributed by atoms with Crippen molar-refractivity contribution in [3.05, 3.63) is 17.2 Å². The van der Waals surface area contributed by atoms with Gasteiger partial charge in [-0.15, -0.1) is 5.73 Å². The molecule has 0 aliphatic heterocycles. The van der Waals surface area contributed by atoms with Gasteiger partial charge < -0.3 is 5.73 Å². The number of carbonyl (C=O) groups excluding carboxylic acids is 1. The van der Waals surface area contributed by atoms with E-state index in [1.165, 1.54) is 0 Å². The Morgan fingerprint density at radius 3 is 2.00 bits per heavy atom. The standard InChI is InChI=1S/C4H5NO4S/c1-2-3(4(5)6)10(7,8)9/h1H2,(H2,5,6)(H,7,8,9). The predicted octanol–water partition coefficient (Wildman–Crippen LogP) is -0.972. The van der Waals surface area contributed by atoms with Gasteiger partial charge in [-0.25, -0.2) is 0 Å². The first-order valence-corrected chi connectivity index (χ1v) is 3.51. The molecular weight excluding hydrogens is 158 g/mol. The van der Waals surface area contributed by atoms with Crippen molar-refractivity contribution in [1.82, 2.24) is 0 Å². The monoisotopic (exact) mass is 163 g/mol. The van der Waals surface area contributed by atoms with Gasteiger partial charge in [-0.3, -0.25) is 9.35 Å². The number of nitrogens with two attached hydrogens (primary N) is 1. The summed E-state index contributed by atoms with van der Waals surface area (Å²) in [6.07, 6.45) is 0. The molecule has 6 heteroatoms. The smallest absolute Gasteiger partial charge is 0.307 e. The fourth-order valence-electron chi connectivity index (χ4n) is 0.305. The Morgan fingerprint density at radius 1 is 1.60 bits per heavy atom. The number of hydrogen-bond donors (Lipinski definition) is 2. The van der Waals surface area contributed by atoms with Gasteiger partial charge in [0.1, 0.15) is 0 Å². The molecule has 0 atom stereocenters. The summed E-state index contributed by atoms with van der Waals surface area (Å²) in [6, 6.07) is 0. The van der Waals surface area contributed by atoms with E-state index in [2.05, 4.69) is 12.3 Å². The molecule has 10 heavy (non-hydrogen) atoms. The van der Waals surface area contributed by atoms with Crippen LogP contribution in [0.15, 0.2) is 17.2 Å². The molecule has 0 bridgehead atoms. The molecule has 0 aromatic rings. The zero-order valence-corrected chi connectivity index (χ0v) is 5.68. The summed E-state index contributed by atoms with van der Waals surface area (Å²) >= 11 is 0. The predicted molar refractivity (Wildman–Crippen MR) is 33.4 cm³/mol. The molecule has 0 heterocycles. The molecule has 56 valence electrons. The van der Waals surface area contributed by atoms with E-state index in [4.69, 9.17) is 4.55 Å². The molecule has 1 amide bonds. The second kappa shape index (κ2) is 2.66. The lowest BCUT2D eigenvalue weighted by Crippen LogP contribution is -2.19. The lowest BCUT2D eigenvalue weighted by molar-refractivity contribution is -0.113. The van der Waals surface area contributed by atoms with Crippen LogP contribution in [0.25, 0.3) is 0 Å². The zero-order valence-electron chi connectivity index (χ0n) is 4.86. The summed E-state index contributed by atoms with van der Waals surface area (Å²) in [4.78, 5) is 9.10. The van der Waals surface area contributed by atoms with Crippen molar-refractivity contribution in [2.45, 2.75) is 0 Å². The molecule has 0 spiro atoms. The van der Waals surface area contributed by atoms with Crippen molar-refractivity contribution in [1.29, 1.82) is 0 Å². The lowest BCUT2D eigenvalue weighted by Gasteiger charge is -1.91. The maximum atomic E-state index is 10.1. The maximum absolute atomic E-state index is 10.1. The Kier molecular flexibility index (Phi) is 2.36. The average Bonchev–Trinajstić information content (AvgIpc) is 1.60. The van der Waals surface area contributed by atoms with Crippen LogP contribution in [0.2, 0.25) is 0 Å². The SMILES string of the molecule is C=C=C(C(N)=O)S(=O)(=O)O. The Morgan fingerprint density at radius 2 is 2.00 bits per heavy atom. The highest BCUT2D eigenvalue weighted by Gasteiger charge is 2.18. The van der Waals surface area contributed by atoms with E-state index >= 15 is 0 Å². The van der Waals surface area contributed by atoms with Crippen molar-refractivity contribution < 1.29 is 17.8 Å². The molecule has 0 aromatic carbocycles. The minimum Gasteiger partial charge on any atom is -0.364 e. The molecule has 0 saturated carbocycles. The lowest BCUT2D eigenvalue weighted by atomic mass is 10.6. The first-order valence-electron chi connectivity index (χ1n) is 2.07. The van der Waals surface area contributed by atoms with Crippen molar-refractivity contribution in [3.8, 4) is 0 Å². The van der Waals surface area contributed by atoms with Crippen molar-refractivity contribution in [2.75, 3.05) is 0 Å². The fraction of sp³-hybridized carbons (Fsp3) is 0. The minimum absolute atomic E-state index is 1.02. The van der Waals surface area contributed by atoms with Crippen LogP contribution in [-0.2, 0) is 14.9 Å². The summed E-state index contributed by atoms with van der Waals surface area (Å²) in [6.45, 7) is 2.85. The zero-order chi connectivity index (χ0) is 8.36. The van der Waals surface area contributed by atoms with Gasteiger partial charge in [0.05, 0.1) is 0 Å². The summed E-state index contributed by atoms with van der Waals surface area (Å²) < 4.78 is 28.4. The van der Waals surface area contributed by atoms with E-state index < -0.39 is 20.9 Å². The third-order valence-electron chi connectivity index (χ3n) is 0.642. The second-order valence-corrected chi connectivity index (χ2v) is 2.70. The quantitative estimate of drug-likeness (QED) is 0.311. The summed E-state index contributed by atoms with van der Waals surface area (Å²) in [7, 11) is -4.55. The van der Waals surface area contributed by atoms with E-state index in [0.29, 0.717) is 0 Å². The normalized spacial score (nSPS) is 10.1. The van der Waals surface area contributed by atoms with E-state index in [1.807, 2.05) is 0 Å². The van der Waals surface area contributed by atoms with Crippen LogP contribution in [0.5, 0.6) is 0 Å². The van der Waals surface area contributed by atoms with Crippen molar-refractivity contribution >= 4 is 16.0 Å². The molecule has 0 aliphatic carbocycles. The van der Waals surface area contributed by atoms with Crippen molar-refractivity contribution in [3.63, 3.8) is 0 Å². The van der Waals surface area contributed by atoms with Gasteiger partial charge in [-0.2, -0.15) is 8.42 Å². The molecule has 0 saturated heterocycles. The first kappa shape index (κ1) is 8.90. The number of primary amides is 1. The third-order valence-corrected chi connectivity index (χ3v) is 1.50.